The van der Waals surface area contributed by atoms with Crippen LogP contribution in [-0.4, -0.2) is 31.7 Å². The van der Waals surface area contributed by atoms with Crippen molar-refractivity contribution < 1.29 is 4.39 Å². The molecular weight excluding hydrogens is 390 g/mol. The van der Waals surface area contributed by atoms with Crippen molar-refractivity contribution in [1.82, 2.24) is 20.2 Å². The number of thioether (sulfide) groups is 2. The summed E-state index contributed by atoms with van der Waals surface area (Å²) in [7, 11) is 0. The lowest BCUT2D eigenvalue weighted by Crippen LogP contribution is -2.00. The van der Waals surface area contributed by atoms with Gasteiger partial charge in [0.25, 0.3) is 0 Å². The maximum Gasteiger partial charge on any atom is 0.214 e. The number of rotatable bonds is 6. The monoisotopic (exact) mass is 400 g/mol. The van der Waals surface area contributed by atoms with Crippen molar-refractivity contribution in [2.45, 2.75) is 10.1 Å². The van der Waals surface area contributed by atoms with Gasteiger partial charge in [-0.05, 0) is 46.8 Å². The first kappa shape index (κ1) is 17.5. The van der Waals surface area contributed by atoms with E-state index in [1.165, 1.54) is 28.6 Å². The highest BCUT2D eigenvalue weighted by molar-refractivity contribution is 8.02. The molecule has 4 nitrogen and oxygen atoms in total. The van der Waals surface area contributed by atoms with Crippen LogP contribution in [0.15, 0.2) is 52.5 Å². The van der Waals surface area contributed by atoms with E-state index in [-0.39, 0.29) is 5.82 Å². The number of benzene rings is 2. The summed E-state index contributed by atoms with van der Waals surface area (Å²) in [5, 5.41) is 13.5. The molecule has 0 bridgehead atoms. The molecule has 0 aliphatic carbocycles. The van der Waals surface area contributed by atoms with Gasteiger partial charge >= 0.3 is 0 Å². The second kappa shape index (κ2) is 8.20. The van der Waals surface area contributed by atoms with Gasteiger partial charge in [-0.3, -0.25) is 0 Å². The number of halogens is 3. The third-order valence-electron chi connectivity index (χ3n) is 2.96. The number of aromatic nitrogens is 4. The van der Waals surface area contributed by atoms with Crippen molar-refractivity contribution in [2.24, 2.45) is 0 Å². The van der Waals surface area contributed by atoms with Gasteiger partial charge in [-0.15, -0.1) is 16.9 Å². The molecule has 2 aromatic carbocycles. The minimum Gasteiger partial charge on any atom is -0.207 e. The van der Waals surface area contributed by atoms with Gasteiger partial charge in [0.05, 0.1) is 10.7 Å². The Morgan fingerprint density at radius 3 is 2.71 bits per heavy atom. The molecule has 0 N–H and O–H groups in total. The average Bonchev–Trinajstić information content (AvgIpc) is 3.03. The van der Waals surface area contributed by atoms with Crippen LogP contribution in [0.4, 0.5) is 4.39 Å². The van der Waals surface area contributed by atoms with Gasteiger partial charge in [0, 0.05) is 21.4 Å². The summed E-state index contributed by atoms with van der Waals surface area (Å²) in [6.45, 7) is 0. The SMILES string of the molecule is Fc1cccc(-n2nnnc2SCCSc2cc(Cl)ccc2Cl)c1. The summed E-state index contributed by atoms with van der Waals surface area (Å²) in [5.74, 6) is 1.24. The van der Waals surface area contributed by atoms with E-state index in [1.807, 2.05) is 6.07 Å². The van der Waals surface area contributed by atoms with Crippen LogP contribution >= 0.6 is 46.7 Å². The van der Waals surface area contributed by atoms with Crippen molar-refractivity contribution in [3.05, 3.63) is 58.3 Å². The van der Waals surface area contributed by atoms with Gasteiger partial charge in [0.1, 0.15) is 5.82 Å². The largest absolute Gasteiger partial charge is 0.214 e. The van der Waals surface area contributed by atoms with Gasteiger partial charge in [-0.2, -0.15) is 4.68 Å². The van der Waals surface area contributed by atoms with Gasteiger partial charge < -0.3 is 0 Å². The van der Waals surface area contributed by atoms with E-state index in [0.29, 0.717) is 20.9 Å². The molecule has 1 heterocycles. The highest BCUT2D eigenvalue weighted by atomic mass is 35.5. The Hall–Kier alpha value is -1.28. The molecule has 0 aliphatic rings. The van der Waals surface area contributed by atoms with Crippen LogP contribution in [0.1, 0.15) is 0 Å². The molecule has 0 atom stereocenters. The summed E-state index contributed by atoms with van der Waals surface area (Å²) in [6.07, 6.45) is 0. The molecule has 0 radical (unpaired) electrons. The zero-order valence-corrected chi connectivity index (χ0v) is 15.3. The van der Waals surface area contributed by atoms with Crippen LogP contribution < -0.4 is 0 Å². The molecule has 124 valence electrons. The second-order valence-corrected chi connectivity index (χ2v) is 7.67. The molecule has 0 unspecified atom stereocenters. The smallest absolute Gasteiger partial charge is 0.207 e. The van der Waals surface area contributed by atoms with E-state index < -0.39 is 0 Å². The van der Waals surface area contributed by atoms with Crippen LogP contribution in [0.3, 0.4) is 0 Å². The van der Waals surface area contributed by atoms with Crippen molar-refractivity contribution in [3.63, 3.8) is 0 Å². The number of hydrogen-bond acceptors (Lipinski definition) is 5. The first-order valence-electron chi connectivity index (χ1n) is 6.88. The normalized spacial score (nSPS) is 11.0. The fourth-order valence-corrected chi connectivity index (χ4v) is 4.27. The van der Waals surface area contributed by atoms with Crippen LogP contribution in [0, 0.1) is 5.82 Å². The van der Waals surface area contributed by atoms with E-state index in [0.717, 1.165) is 16.4 Å². The molecule has 0 spiro atoms. The standard InChI is InChI=1S/C15H11Cl2FN4S2/c16-10-4-5-13(17)14(8-10)23-6-7-24-15-19-20-21-22(15)12-3-1-2-11(18)9-12/h1-5,8-9H,6-7H2. The Bertz CT molecular complexity index is 844. The molecule has 0 saturated carbocycles. The predicted octanol–water partition coefficient (Wildman–Crippen LogP) is 4.99. The van der Waals surface area contributed by atoms with Crippen molar-refractivity contribution in [3.8, 4) is 5.69 Å². The van der Waals surface area contributed by atoms with E-state index in [1.54, 1.807) is 36.0 Å². The fraction of sp³-hybridized carbons (Fsp3) is 0.133. The highest BCUT2D eigenvalue weighted by Gasteiger charge is 2.10. The Balaban J connectivity index is 1.60. The summed E-state index contributed by atoms with van der Waals surface area (Å²) in [4.78, 5) is 0.939. The van der Waals surface area contributed by atoms with E-state index in [9.17, 15) is 4.39 Å². The van der Waals surface area contributed by atoms with Gasteiger partial charge in [-0.1, -0.05) is 41.0 Å². The number of tetrazole rings is 1. The first-order chi connectivity index (χ1) is 11.6. The van der Waals surface area contributed by atoms with E-state index in [4.69, 9.17) is 23.2 Å². The van der Waals surface area contributed by atoms with Gasteiger partial charge in [0.2, 0.25) is 5.16 Å². The molecule has 3 aromatic rings. The molecule has 0 fully saturated rings. The Kier molecular flexibility index (Phi) is 5.99. The van der Waals surface area contributed by atoms with Crippen molar-refractivity contribution >= 4 is 46.7 Å². The quantitative estimate of drug-likeness (QED) is 0.430. The van der Waals surface area contributed by atoms with Crippen molar-refractivity contribution in [1.29, 1.82) is 0 Å². The summed E-state index contributed by atoms with van der Waals surface area (Å²) >= 11 is 15.2. The number of nitrogens with zero attached hydrogens (tertiary/aromatic N) is 4. The van der Waals surface area contributed by atoms with E-state index >= 15 is 0 Å². The Labute approximate surface area is 156 Å². The van der Waals surface area contributed by atoms with Crippen LogP contribution in [0.5, 0.6) is 0 Å². The van der Waals surface area contributed by atoms with Crippen molar-refractivity contribution in [2.75, 3.05) is 11.5 Å². The zero-order chi connectivity index (χ0) is 16.9. The average molecular weight is 401 g/mol. The number of hydrogen-bond donors (Lipinski definition) is 0. The van der Waals surface area contributed by atoms with Crippen LogP contribution in [0.25, 0.3) is 5.69 Å². The predicted molar refractivity (Wildman–Crippen MR) is 97.0 cm³/mol. The maximum atomic E-state index is 13.3. The minimum absolute atomic E-state index is 0.329. The molecule has 9 heteroatoms. The lowest BCUT2D eigenvalue weighted by atomic mass is 10.3. The lowest BCUT2D eigenvalue weighted by Gasteiger charge is -2.06. The topological polar surface area (TPSA) is 43.6 Å². The molecule has 1 aromatic heterocycles. The second-order valence-electron chi connectivity index (χ2n) is 4.62. The third-order valence-corrected chi connectivity index (χ3v) is 5.87. The summed E-state index contributed by atoms with van der Waals surface area (Å²) in [6, 6.07) is 11.5. The Morgan fingerprint density at radius 1 is 1.04 bits per heavy atom. The van der Waals surface area contributed by atoms with Gasteiger partial charge in [0.15, 0.2) is 0 Å². The molecule has 0 saturated heterocycles. The highest BCUT2D eigenvalue weighted by Crippen LogP contribution is 2.31. The maximum absolute atomic E-state index is 13.3. The third kappa shape index (κ3) is 4.42. The minimum atomic E-state index is -0.329. The van der Waals surface area contributed by atoms with Crippen LogP contribution in [-0.2, 0) is 0 Å². The zero-order valence-electron chi connectivity index (χ0n) is 12.2. The van der Waals surface area contributed by atoms with E-state index in [2.05, 4.69) is 15.5 Å². The first-order valence-corrected chi connectivity index (χ1v) is 9.61. The molecular formula is C15H11Cl2FN4S2. The Morgan fingerprint density at radius 2 is 1.88 bits per heavy atom. The summed E-state index contributed by atoms with van der Waals surface area (Å²) in [5.41, 5.74) is 0.591. The molecule has 0 amide bonds. The molecule has 3 rings (SSSR count). The lowest BCUT2D eigenvalue weighted by molar-refractivity contribution is 0.623. The molecule has 24 heavy (non-hydrogen) atoms. The summed E-state index contributed by atoms with van der Waals surface area (Å²) < 4.78 is 14.9. The van der Waals surface area contributed by atoms with Crippen LogP contribution in [0.2, 0.25) is 10.0 Å². The fourth-order valence-electron chi connectivity index (χ4n) is 1.91. The molecule has 0 aliphatic heterocycles. The van der Waals surface area contributed by atoms with Gasteiger partial charge in [-0.25, -0.2) is 4.39 Å².